The van der Waals surface area contributed by atoms with Crippen molar-refractivity contribution in [2.45, 2.75) is 0 Å². The second-order valence-electron chi connectivity index (χ2n) is 5.14. The maximum Gasteiger partial charge on any atom is 0.331 e. The Morgan fingerprint density at radius 2 is 1.62 bits per heavy atom. The largest absolute Gasteiger partial charge is 0.497 e. The number of methoxy groups -OCH3 is 2. The molecule has 2 aromatic rings. The van der Waals surface area contributed by atoms with E-state index in [4.69, 9.17) is 14.2 Å². The Morgan fingerprint density at radius 3 is 2.19 bits per heavy atom. The number of Topliss-reactive ketones (excluding diaryl/α,β-unsaturated/α-hetero) is 1. The van der Waals surface area contributed by atoms with Crippen molar-refractivity contribution in [1.82, 2.24) is 0 Å². The quantitative estimate of drug-likeness (QED) is 0.429. The van der Waals surface area contributed by atoms with Gasteiger partial charge in [0.15, 0.2) is 24.0 Å². The fraction of sp³-hybridized carbons (Fsp3) is 0.158. The lowest BCUT2D eigenvalue weighted by atomic mass is 10.1. The molecule has 0 radical (unpaired) electrons. The third-order valence-electron chi connectivity index (χ3n) is 3.37. The first-order valence-corrected chi connectivity index (χ1v) is 7.49. The molecule has 0 bridgehead atoms. The molecule has 0 aliphatic rings. The summed E-state index contributed by atoms with van der Waals surface area (Å²) in [4.78, 5) is 23.6. The van der Waals surface area contributed by atoms with Crippen molar-refractivity contribution in [3.63, 3.8) is 0 Å². The van der Waals surface area contributed by atoms with E-state index in [-0.39, 0.29) is 5.56 Å². The number of carbonyl (C=O) groups is 2. The molecule has 0 saturated heterocycles. The second-order valence-corrected chi connectivity index (χ2v) is 5.14. The highest BCUT2D eigenvalue weighted by Crippen LogP contribution is 2.23. The lowest BCUT2D eigenvalue weighted by Crippen LogP contribution is -2.13. The Labute approximate surface area is 148 Å². The van der Waals surface area contributed by atoms with Gasteiger partial charge < -0.3 is 14.2 Å². The fourth-order valence-corrected chi connectivity index (χ4v) is 2.03. The summed E-state index contributed by atoms with van der Waals surface area (Å²) in [6, 6.07) is 7.74. The lowest BCUT2D eigenvalue weighted by molar-refractivity contribution is -0.136. The van der Waals surface area contributed by atoms with Gasteiger partial charge in [0.25, 0.3) is 0 Å². The summed E-state index contributed by atoms with van der Waals surface area (Å²) < 4.78 is 41.0. The summed E-state index contributed by atoms with van der Waals surface area (Å²) in [6.45, 7) is -0.588. The minimum absolute atomic E-state index is 0.0850. The van der Waals surface area contributed by atoms with Crippen LogP contribution in [0.25, 0.3) is 6.08 Å². The van der Waals surface area contributed by atoms with E-state index in [0.29, 0.717) is 17.1 Å². The molecule has 136 valence electrons. The number of carbonyl (C=O) groups excluding carboxylic acids is 2. The maximum absolute atomic E-state index is 13.1. The van der Waals surface area contributed by atoms with Gasteiger partial charge in [-0.15, -0.1) is 0 Å². The number of hydrogen-bond acceptors (Lipinski definition) is 5. The van der Waals surface area contributed by atoms with Gasteiger partial charge in [0.1, 0.15) is 11.5 Å². The molecule has 5 nitrogen and oxygen atoms in total. The number of halogens is 2. The predicted octanol–water partition coefficient (Wildman–Crippen LogP) is 3.42. The van der Waals surface area contributed by atoms with Gasteiger partial charge in [-0.1, -0.05) is 0 Å². The van der Waals surface area contributed by atoms with Crippen molar-refractivity contribution in [2.24, 2.45) is 0 Å². The molecular formula is C19H16F2O5. The van der Waals surface area contributed by atoms with Gasteiger partial charge in [-0.3, -0.25) is 4.79 Å². The SMILES string of the molecule is COc1cc(/C=C/C(=O)OCC(=O)c2ccc(F)c(F)c2)cc(OC)c1. The topological polar surface area (TPSA) is 61.8 Å². The molecule has 0 aromatic heterocycles. The van der Waals surface area contributed by atoms with Crippen molar-refractivity contribution in [3.05, 3.63) is 65.2 Å². The smallest absolute Gasteiger partial charge is 0.331 e. The van der Waals surface area contributed by atoms with E-state index >= 15 is 0 Å². The second kappa shape index (κ2) is 8.75. The van der Waals surface area contributed by atoms with Crippen LogP contribution in [0, 0.1) is 11.6 Å². The first-order chi connectivity index (χ1) is 12.4. The van der Waals surface area contributed by atoms with Crippen molar-refractivity contribution in [3.8, 4) is 11.5 Å². The van der Waals surface area contributed by atoms with Gasteiger partial charge in [-0.2, -0.15) is 0 Å². The zero-order valence-corrected chi connectivity index (χ0v) is 14.1. The average Bonchev–Trinajstić information content (AvgIpc) is 2.66. The van der Waals surface area contributed by atoms with Crippen LogP contribution >= 0.6 is 0 Å². The van der Waals surface area contributed by atoms with Crippen LogP contribution in [0.3, 0.4) is 0 Å². The Morgan fingerprint density at radius 1 is 0.962 bits per heavy atom. The third kappa shape index (κ3) is 5.14. The predicted molar refractivity (Wildman–Crippen MR) is 90.2 cm³/mol. The van der Waals surface area contributed by atoms with Crippen molar-refractivity contribution in [2.75, 3.05) is 20.8 Å². The number of esters is 1. The van der Waals surface area contributed by atoms with E-state index < -0.39 is 30.0 Å². The maximum atomic E-state index is 13.1. The standard InChI is InChI=1S/C19H16F2O5/c1-24-14-7-12(8-15(10-14)25-2)3-6-19(23)26-11-18(22)13-4-5-16(20)17(21)9-13/h3-10H,11H2,1-2H3/b6-3+. The van der Waals surface area contributed by atoms with Gasteiger partial charge in [0, 0.05) is 17.7 Å². The van der Waals surface area contributed by atoms with Crippen LogP contribution in [0.15, 0.2) is 42.5 Å². The normalized spacial score (nSPS) is 10.6. The summed E-state index contributed by atoms with van der Waals surface area (Å²) in [5.74, 6) is -2.52. The molecule has 2 rings (SSSR count). The molecule has 0 fully saturated rings. The highest BCUT2D eigenvalue weighted by atomic mass is 19.2. The number of hydrogen-bond donors (Lipinski definition) is 0. The van der Waals surface area contributed by atoms with E-state index in [2.05, 4.69) is 0 Å². The van der Waals surface area contributed by atoms with E-state index in [1.54, 1.807) is 18.2 Å². The molecule has 0 atom stereocenters. The van der Waals surface area contributed by atoms with Crippen LogP contribution in [-0.4, -0.2) is 32.6 Å². The first-order valence-electron chi connectivity index (χ1n) is 7.49. The minimum atomic E-state index is -1.14. The number of benzene rings is 2. The van der Waals surface area contributed by atoms with Gasteiger partial charge in [-0.25, -0.2) is 13.6 Å². The van der Waals surface area contributed by atoms with E-state index in [1.165, 1.54) is 20.3 Å². The Balaban J connectivity index is 1.97. The number of rotatable bonds is 7. The molecule has 0 unspecified atom stereocenters. The molecule has 26 heavy (non-hydrogen) atoms. The summed E-state index contributed by atoms with van der Waals surface area (Å²) in [5, 5.41) is 0. The summed E-state index contributed by atoms with van der Waals surface area (Å²) in [6.07, 6.45) is 2.60. The fourth-order valence-electron chi connectivity index (χ4n) is 2.03. The molecule has 7 heteroatoms. The van der Waals surface area contributed by atoms with E-state index in [1.807, 2.05) is 0 Å². The zero-order valence-electron chi connectivity index (χ0n) is 14.1. The van der Waals surface area contributed by atoms with Crippen LogP contribution < -0.4 is 9.47 Å². The molecule has 0 aliphatic carbocycles. The summed E-state index contributed by atoms with van der Waals surface area (Å²) >= 11 is 0. The van der Waals surface area contributed by atoms with Crippen molar-refractivity contribution < 1.29 is 32.6 Å². The molecular weight excluding hydrogens is 346 g/mol. The molecule has 0 saturated carbocycles. The number of ether oxygens (including phenoxy) is 3. The first kappa shape index (κ1) is 19.1. The highest BCUT2D eigenvalue weighted by molar-refractivity contribution is 5.98. The van der Waals surface area contributed by atoms with Gasteiger partial charge in [0.05, 0.1) is 14.2 Å². The van der Waals surface area contributed by atoms with E-state index in [0.717, 1.165) is 24.3 Å². The van der Waals surface area contributed by atoms with Gasteiger partial charge in [-0.05, 0) is 42.0 Å². The van der Waals surface area contributed by atoms with Gasteiger partial charge >= 0.3 is 5.97 Å². The minimum Gasteiger partial charge on any atom is -0.497 e. The molecule has 0 N–H and O–H groups in total. The Hall–Kier alpha value is -3.22. The van der Waals surface area contributed by atoms with Gasteiger partial charge in [0.2, 0.25) is 0 Å². The van der Waals surface area contributed by atoms with Crippen LogP contribution in [0.5, 0.6) is 11.5 Å². The molecule has 0 amide bonds. The lowest BCUT2D eigenvalue weighted by Gasteiger charge is -2.06. The number of ketones is 1. The summed E-state index contributed by atoms with van der Waals surface area (Å²) in [5.41, 5.74) is 0.545. The monoisotopic (exact) mass is 362 g/mol. The average molecular weight is 362 g/mol. The Kier molecular flexibility index (Phi) is 6.43. The van der Waals surface area contributed by atoms with Crippen molar-refractivity contribution >= 4 is 17.8 Å². The Bertz CT molecular complexity index is 824. The van der Waals surface area contributed by atoms with E-state index in [9.17, 15) is 18.4 Å². The van der Waals surface area contributed by atoms with Crippen LogP contribution in [0.2, 0.25) is 0 Å². The van der Waals surface area contributed by atoms with Crippen LogP contribution in [0.4, 0.5) is 8.78 Å². The van der Waals surface area contributed by atoms with Crippen LogP contribution in [-0.2, 0) is 9.53 Å². The molecule has 0 aliphatic heterocycles. The van der Waals surface area contributed by atoms with Crippen LogP contribution in [0.1, 0.15) is 15.9 Å². The zero-order chi connectivity index (χ0) is 19.1. The highest BCUT2D eigenvalue weighted by Gasteiger charge is 2.11. The molecule has 0 heterocycles. The molecule has 0 spiro atoms. The van der Waals surface area contributed by atoms with Crippen molar-refractivity contribution in [1.29, 1.82) is 0 Å². The summed E-state index contributed by atoms with van der Waals surface area (Å²) in [7, 11) is 3.00. The third-order valence-corrected chi connectivity index (χ3v) is 3.37. The molecule has 2 aromatic carbocycles.